The number of hydrogen-bond donors (Lipinski definition) is 1. The number of hydrogen-bond acceptors (Lipinski definition) is 2. The second-order valence-corrected chi connectivity index (χ2v) is 7.55. The third-order valence-electron chi connectivity index (χ3n) is 5.48. The van der Waals surface area contributed by atoms with Crippen LogP contribution in [0.25, 0.3) is 0 Å². The van der Waals surface area contributed by atoms with Crippen LogP contribution in [0.1, 0.15) is 50.7 Å². The van der Waals surface area contributed by atoms with Gasteiger partial charge in [-0.15, -0.1) is 0 Å². The Bertz CT molecular complexity index is 493. The highest BCUT2D eigenvalue weighted by atomic mass is 16.5. The highest BCUT2D eigenvalue weighted by Crippen LogP contribution is 2.53. The standard InChI is InChI=1S/C19H29NO/c1-13(2)15-10-19(11-15,12-20-16-6-7-16)17-9-14(3)5-8-18(17)21-4/h5,8-9,13,15-16,20H,6-7,10-12H2,1-4H3. The molecule has 0 aromatic heterocycles. The normalized spacial score (nSPS) is 28.5. The van der Waals surface area contributed by atoms with Crippen molar-refractivity contribution in [2.75, 3.05) is 13.7 Å². The molecule has 2 fully saturated rings. The predicted octanol–water partition coefficient (Wildman–Crippen LogP) is 4.06. The van der Waals surface area contributed by atoms with E-state index in [1.807, 2.05) is 0 Å². The van der Waals surface area contributed by atoms with Crippen molar-refractivity contribution in [3.8, 4) is 5.75 Å². The minimum Gasteiger partial charge on any atom is -0.496 e. The third kappa shape index (κ3) is 2.96. The van der Waals surface area contributed by atoms with Crippen LogP contribution in [0.3, 0.4) is 0 Å². The molecule has 2 nitrogen and oxygen atoms in total. The van der Waals surface area contributed by atoms with Crippen molar-refractivity contribution < 1.29 is 4.74 Å². The Labute approximate surface area is 129 Å². The van der Waals surface area contributed by atoms with Gasteiger partial charge in [0.15, 0.2) is 0 Å². The Morgan fingerprint density at radius 3 is 2.57 bits per heavy atom. The smallest absolute Gasteiger partial charge is 0.122 e. The fourth-order valence-corrected chi connectivity index (χ4v) is 3.74. The van der Waals surface area contributed by atoms with Crippen molar-refractivity contribution in [2.45, 2.75) is 57.9 Å². The molecule has 116 valence electrons. The summed E-state index contributed by atoms with van der Waals surface area (Å²) in [5.74, 6) is 2.71. The topological polar surface area (TPSA) is 21.3 Å². The Hall–Kier alpha value is -1.02. The Kier molecular flexibility index (Phi) is 4.00. The lowest BCUT2D eigenvalue weighted by Crippen LogP contribution is -2.50. The van der Waals surface area contributed by atoms with Gasteiger partial charge in [0, 0.05) is 23.6 Å². The van der Waals surface area contributed by atoms with E-state index < -0.39 is 0 Å². The highest BCUT2D eigenvalue weighted by molar-refractivity contribution is 5.44. The van der Waals surface area contributed by atoms with E-state index in [-0.39, 0.29) is 5.41 Å². The van der Waals surface area contributed by atoms with Gasteiger partial charge < -0.3 is 10.1 Å². The van der Waals surface area contributed by atoms with E-state index in [9.17, 15) is 0 Å². The average molecular weight is 287 g/mol. The predicted molar refractivity (Wildman–Crippen MR) is 88.0 cm³/mol. The lowest BCUT2D eigenvalue weighted by atomic mass is 9.55. The number of ether oxygens (including phenoxy) is 1. The van der Waals surface area contributed by atoms with Crippen LogP contribution in [0.2, 0.25) is 0 Å². The first-order valence-electron chi connectivity index (χ1n) is 8.42. The monoisotopic (exact) mass is 287 g/mol. The van der Waals surface area contributed by atoms with Gasteiger partial charge in [0.05, 0.1) is 7.11 Å². The molecule has 1 N–H and O–H groups in total. The Balaban J connectivity index is 1.86. The van der Waals surface area contributed by atoms with Crippen LogP contribution < -0.4 is 10.1 Å². The summed E-state index contributed by atoms with van der Waals surface area (Å²) < 4.78 is 5.67. The van der Waals surface area contributed by atoms with Gasteiger partial charge in [-0.25, -0.2) is 0 Å². The summed E-state index contributed by atoms with van der Waals surface area (Å²) in [4.78, 5) is 0. The Morgan fingerprint density at radius 2 is 2.00 bits per heavy atom. The van der Waals surface area contributed by atoms with Crippen LogP contribution >= 0.6 is 0 Å². The molecule has 0 saturated heterocycles. The largest absolute Gasteiger partial charge is 0.496 e. The van der Waals surface area contributed by atoms with Crippen LogP contribution in [-0.2, 0) is 5.41 Å². The minimum atomic E-state index is 0.287. The van der Waals surface area contributed by atoms with Gasteiger partial charge in [0.2, 0.25) is 0 Å². The number of rotatable bonds is 6. The molecule has 0 heterocycles. The summed E-state index contributed by atoms with van der Waals surface area (Å²) in [5, 5.41) is 3.77. The van der Waals surface area contributed by atoms with Crippen LogP contribution in [0.15, 0.2) is 18.2 Å². The fraction of sp³-hybridized carbons (Fsp3) is 0.684. The average Bonchev–Trinajstić information content (AvgIpc) is 3.21. The maximum Gasteiger partial charge on any atom is 0.122 e. The zero-order chi connectivity index (χ0) is 15.0. The molecule has 3 rings (SSSR count). The molecule has 21 heavy (non-hydrogen) atoms. The molecule has 0 unspecified atom stereocenters. The molecule has 0 atom stereocenters. The number of methoxy groups -OCH3 is 1. The van der Waals surface area contributed by atoms with Gasteiger partial charge in [-0.1, -0.05) is 31.5 Å². The second kappa shape index (κ2) is 5.64. The van der Waals surface area contributed by atoms with Gasteiger partial charge in [0.1, 0.15) is 5.75 Å². The van der Waals surface area contributed by atoms with Crippen molar-refractivity contribution in [3.05, 3.63) is 29.3 Å². The number of aryl methyl sites for hydroxylation is 1. The van der Waals surface area contributed by atoms with Crippen LogP contribution in [0.4, 0.5) is 0 Å². The first-order chi connectivity index (χ1) is 10.0. The van der Waals surface area contributed by atoms with Crippen LogP contribution in [0.5, 0.6) is 5.75 Å². The minimum absolute atomic E-state index is 0.287. The lowest BCUT2D eigenvalue weighted by molar-refractivity contribution is 0.0948. The molecule has 0 amide bonds. The molecule has 1 aromatic carbocycles. The van der Waals surface area contributed by atoms with E-state index in [0.717, 1.165) is 30.2 Å². The molecule has 2 aliphatic carbocycles. The van der Waals surface area contributed by atoms with Gasteiger partial charge in [-0.2, -0.15) is 0 Å². The van der Waals surface area contributed by atoms with E-state index in [1.54, 1.807) is 7.11 Å². The molecule has 0 bridgehead atoms. The molecule has 0 aliphatic heterocycles. The first-order valence-corrected chi connectivity index (χ1v) is 8.42. The summed E-state index contributed by atoms with van der Waals surface area (Å²) in [7, 11) is 1.80. The van der Waals surface area contributed by atoms with Crippen molar-refractivity contribution in [1.82, 2.24) is 5.32 Å². The van der Waals surface area contributed by atoms with Gasteiger partial charge in [-0.3, -0.25) is 0 Å². The fourth-order valence-electron chi connectivity index (χ4n) is 3.74. The maximum atomic E-state index is 5.67. The summed E-state index contributed by atoms with van der Waals surface area (Å²) in [5.41, 5.74) is 3.05. The third-order valence-corrected chi connectivity index (χ3v) is 5.48. The van der Waals surface area contributed by atoms with Crippen LogP contribution in [0, 0.1) is 18.8 Å². The summed E-state index contributed by atoms with van der Waals surface area (Å²) in [6.45, 7) is 8.01. The lowest BCUT2D eigenvalue weighted by Gasteiger charge is -2.51. The summed E-state index contributed by atoms with van der Waals surface area (Å²) >= 11 is 0. The van der Waals surface area contributed by atoms with Gasteiger partial charge in [0.25, 0.3) is 0 Å². The SMILES string of the molecule is COc1ccc(C)cc1C1(CNC2CC2)CC(C(C)C)C1. The van der Waals surface area contributed by atoms with E-state index >= 15 is 0 Å². The van der Waals surface area contributed by atoms with Crippen molar-refractivity contribution in [3.63, 3.8) is 0 Å². The first kappa shape index (κ1) is 14.9. The molecule has 2 saturated carbocycles. The Morgan fingerprint density at radius 1 is 1.29 bits per heavy atom. The molecule has 1 aromatic rings. The van der Waals surface area contributed by atoms with E-state index in [1.165, 1.54) is 36.8 Å². The molecule has 2 aliphatic rings. The van der Waals surface area contributed by atoms with Crippen molar-refractivity contribution in [1.29, 1.82) is 0 Å². The summed E-state index contributed by atoms with van der Waals surface area (Å²) in [6, 6.07) is 7.43. The number of benzene rings is 1. The van der Waals surface area contributed by atoms with Crippen molar-refractivity contribution in [2.24, 2.45) is 11.8 Å². The highest BCUT2D eigenvalue weighted by Gasteiger charge is 2.48. The van der Waals surface area contributed by atoms with E-state index in [0.29, 0.717) is 0 Å². The van der Waals surface area contributed by atoms with Crippen LogP contribution in [-0.4, -0.2) is 19.7 Å². The molecule has 0 radical (unpaired) electrons. The van der Waals surface area contributed by atoms with Gasteiger partial charge >= 0.3 is 0 Å². The van der Waals surface area contributed by atoms with E-state index in [2.05, 4.69) is 44.3 Å². The number of nitrogens with one attached hydrogen (secondary N) is 1. The quantitative estimate of drug-likeness (QED) is 0.852. The summed E-state index contributed by atoms with van der Waals surface area (Å²) in [6.07, 6.45) is 5.30. The second-order valence-electron chi connectivity index (χ2n) is 7.55. The molecule has 2 heteroatoms. The van der Waals surface area contributed by atoms with Crippen molar-refractivity contribution >= 4 is 0 Å². The van der Waals surface area contributed by atoms with Gasteiger partial charge in [-0.05, 0) is 50.5 Å². The molecular weight excluding hydrogens is 258 g/mol. The zero-order valence-corrected chi connectivity index (χ0v) is 13.9. The molecular formula is C19H29NO. The maximum absolute atomic E-state index is 5.67. The zero-order valence-electron chi connectivity index (χ0n) is 13.9. The van der Waals surface area contributed by atoms with E-state index in [4.69, 9.17) is 4.74 Å². The molecule has 0 spiro atoms.